The van der Waals surface area contributed by atoms with Crippen LogP contribution in [0.1, 0.15) is 30.9 Å². The first kappa shape index (κ1) is 13.2. The highest BCUT2D eigenvalue weighted by atomic mass is 16.5. The van der Waals surface area contributed by atoms with Crippen LogP contribution in [0.3, 0.4) is 0 Å². The fourth-order valence-corrected chi connectivity index (χ4v) is 1.53. The molecule has 4 nitrogen and oxygen atoms in total. The third-order valence-corrected chi connectivity index (χ3v) is 2.34. The van der Waals surface area contributed by atoms with Crippen molar-refractivity contribution in [2.45, 2.75) is 26.7 Å². The van der Waals surface area contributed by atoms with Gasteiger partial charge in [0.1, 0.15) is 0 Å². The van der Waals surface area contributed by atoms with Crippen LogP contribution in [0.5, 0.6) is 0 Å². The first-order valence-corrected chi connectivity index (χ1v) is 5.61. The molecule has 92 valence electrons. The minimum atomic E-state index is -0.277. The Kier molecular flexibility index (Phi) is 5.20. The van der Waals surface area contributed by atoms with E-state index in [0.717, 1.165) is 11.1 Å². The zero-order valence-corrected chi connectivity index (χ0v) is 10.1. The van der Waals surface area contributed by atoms with Gasteiger partial charge in [-0.05, 0) is 19.4 Å². The fraction of sp³-hybridized carbons (Fsp3) is 0.385. The molecule has 0 amide bonds. The van der Waals surface area contributed by atoms with Crippen LogP contribution in [-0.4, -0.2) is 23.5 Å². The monoisotopic (exact) mass is 235 g/mol. The normalized spacial score (nSPS) is 11.3. The minimum Gasteiger partial charge on any atom is -0.466 e. The summed E-state index contributed by atoms with van der Waals surface area (Å²) in [6.45, 7) is 4.10. The lowest BCUT2D eigenvalue weighted by Crippen LogP contribution is -2.09. The SMILES string of the molecule is CCOC(=O)CCC(=NO)c1cccc(C)c1. The van der Waals surface area contributed by atoms with Crippen LogP contribution >= 0.6 is 0 Å². The van der Waals surface area contributed by atoms with Crippen molar-refractivity contribution in [3.8, 4) is 0 Å². The molecular formula is C13H17NO3. The number of nitrogens with zero attached hydrogens (tertiary/aromatic N) is 1. The molecule has 0 saturated heterocycles. The van der Waals surface area contributed by atoms with Gasteiger partial charge in [0.2, 0.25) is 0 Å². The molecule has 1 aromatic rings. The maximum atomic E-state index is 11.2. The molecule has 0 spiro atoms. The predicted octanol–water partition coefficient (Wildman–Crippen LogP) is 2.52. The van der Waals surface area contributed by atoms with Gasteiger partial charge in [-0.15, -0.1) is 0 Å². The molecule has 0 bridgehead atoms. The summed E-state index contributed by atoms with van der Waals surface area (Å²) >= 11 is 0. The molecule has 0 aliphatic heterocycles. The molecule has 0 radical (unpaired) electrons. The zero-order chi connectivity index (χ0) is 12.7. The lowest BCUT2D eigenvalue weighted by Gasteiger charge is -2.05. The highest BCUT2D eigenvalue weighted by Gasteiger charge is 2.08. The van der Waals surface area contributed by atoms with Gasteiger partial charge in [0, 0.05) is 6.42 Å². The number of hydrogen-bond donors (Lipinski definition) is 1. The van der Waals surface area contributed by atoms with E-state index < -0.39 is 0 Å². The fourth-order valence-electron chi connectivity index (χ4n) is 1.53. The molecule has 0 fully saturated rings. The van der Waals surface area contributed by atoms with E-state index >= 15 is 0 Å². The van der Waals surface area contributed by atoms with Crippen molar-refractivity contribution in [3.05, 3.63) is 35.4 Å². The molecule has 0 saturated carbocycles. The average molecular weight is 235 g/mol. The average Bonchev–Trinajstić information content (AvgIpc) is 2.30. The Morgan fingerprint density at radius 3 is 2.76 bits per heavy atom. The Morgan fingerprint density at radius 2 is 2.18 bits per heavy atom. The van der Waals surface area contributed by atoms with Gasteiger partial charge in [0.05, 0.1) is 18.7 Å². The van der Waals surface area contributed by atoms with E-state index in [1.807, 2.05) is 31.2 Å². The molecule has 17 heavy (non-hydrogen) atoms. The number of rotatable bonds is 5. The summed E-state index contributed by atoms with van der Waals surface area (Å²) in [5.74, 6) is -0.277. The second kappa shape index (κ2) is 6.68. The summed E-state index contributed by atoms with van der Waals surface area (Å²) in [7, 11) is 0. The number of ether oxygens (including phenoxy) is 1. The van der Waals surface area contributed by atoms with Gasteiger partial charge in [0.25, 0.3) is 0 Å². The van der Waals surface area contributed by atoms with Crippen molar-refractivity contribution in [1.29, 1.82) is 0 Å². The maximum Gasteiger partial charge on any atom is 0.306 e. The number of benzene rings is 1. The van der Waals surface area contributed by atoms with Crippen molar-refractivity contribution < 1.29 is 14.7 Å². The van der Waals surface area contributed by atoms with Gasteiger partial charge < -0.3 is 9.94 Å². The Hall–Kier alpha value is -1.84. The Morgan fingerprint density at radius 1 is 1.41 bits per heavy atom. The molecule has 0 heterocycles. The van der Waals surface area contributed by atoms with E-state index in [0.29, 0.717) is 18.7 Å². The van der Waals surface area contributed by atoms with E-state index in [4.69, 9.17) is 9.94 Å². The summed E-state index contributed by atoms with van der Waals surface area (Å²) in [6, 6.07) is 7.62. The highest BCUT2D eigenvalue weighted by Crippen LogP contribution is 2.09. The van der Waals surface area contributed by atoms with Gasteiger partial charge in [-0.1, -0.05) is 35.0 Å². The van der Waals surface area contributed by atoms with Crippen LogP contribution in [0.4, 0.5) is 0 Å². The highest BCUT2D eigenvalue weighted by molar-refractivity contribution is 6.01. The van der Waals surface area contributed by atoms with Crippen LogP contribution < -0.4 is 0 Å². The van der Waals surface area contributed by atoms with E-state index in [1.165, 1.54) is 0 Å². The standard InChI is InChI=1S/C13H17NO3/c1-3-17-13(15)8-7-12(14-16)11-6-4-5-10(2)9-11/h4-6,9,16H,3,7-8H2,1-2H3. The molecule has 0 unspecified atom stereocenters. The van der Waals surface area contributed by atoms with Crippen LogP contribution in [0, 0.1) is 6.92 Å². The van der Waals surface area contributed by atoms with Crippen molar-refractivity contribution in [2.24, 2.45) is 5.16 Å². The maximum absolute atomic E-state index is 11.2. The second-order valence-corrected chi connectivity index (χ2v) is 3.72. The molecule has 1 aromatic carbocycles. The van der Waals surface area contributed by atoms with E-state index in [9.17, 15) is 4.79 Å². The summed E-state index contributed by atoms with van der Waals surface area (Å²) < 4.78 is 4.82. The van der Waals surface area contributed by atoms with Crippen LogP contribution in [0.15, 0.2) is 29.4 Å². The first-order valence-electron chi connectivity index (χ1n) is 5.61. The molecule has 1 N–H and O–H groups in total. The van der Waals surface area contributed by atoms with Crippen molar-refractivity contribution >= 4 is 11.7 Å². The number of hydrogen-bond acceptors (Lipinski definition) is 4. The number of carbonyl (C=O) groups is 1. The van der Waals surface area contributed by atoms with Gasteiger partial charge in [-0.3, -0.25) is 4.79 Å². The Labute approximate surface area is 101 Å². The van der Waals surface area contributed by atoms with Gasteiger partial charge >= 0.3 is 5.97 Å². The largest absolute Gasteiger partial charge is 0.466 e. The van der Waals surface area contributed by atoms with Crippen molar-refractivity contribution in [1.82, 2.24) is 0 Å². The number of carbonyl (C=O) groups excluding carboxylic acids is 1. The lowest BCUT2D eigenvalue weighted by atomic mass is 10.0. The van der Waals surface area contributed by atoms with Gasteiger partial charge in [-0.2, -0.15) is 0 Å². The smallest absolute Gasteiger partial charge is 0.306 e. The molecule has 0 aromatic heterocycles. The van der Waals surface area contributed by atoms with E-state index in [-0.39, 0.29) is 12.4 Å². The number of esters is 1. The summed E-state index contributed by atoms with van der Waals surface area (Å²) in [5, 5.41) is 12.2. The molecule has 0 aliphatic carbocycles. The Bertz CT molecular complexity index is 413. The Balaban J connectivity index is 2.64. The third-order valence-electron chi connectivity index (χ3n) is 2.34. The molecule has 0 aliphatic rings. The van der Waals surface area contributed by atoms with Crippen LogP contribution in [0.25, 0.3) is 0 Å². The third kappa shape index (κ3) is 4.26. The van der Waals surface area contributed by atoms with E-state index in [1.54, 1.807) is 6.92 Å². The van der Waals surface area contributed by atoms with Crippen LogP contribution in [-0.2, 0) is 9.53 Å². The van der Waals surface area contributed by atoms with E-state index in [2.05, 4.69) is 5.16 Å². The lowest BCUT2D eigenvalue weighted by molar-refractivity contribution is -0.142. The number of aryl methyl sites for hydroxylation is 1. The predicted molar refractivity (Wildman–Crippen MR) is 65.4 cm³/mol. The van der Waals surface area contributed by atoms with Crippen molar-refractivity contribution in [3.63, 3.8) is 0 Å². The molecular weight excluding hydrogens is 218 g/mol. The van der Waals surface area contributed by atoms with Crippen molar-refractivity contribution in [2.75, 3.05) is 6.61 Å². The minimum absolute atomic E-state index is 0.223. The van der Waals surface area contributed by atoms with Gasteiger partial charge in [-0.25, -0.2) is 0 Å². The molecule has 1 rings (SSSR count). The second-order valence-electron chi connectivity index (χ2n) is 3.72. The summed E-state index contributed by atoms with van der Waals surface area (Å²) in [5.41, 5.74) is 2.42. The topological polar surface area (TPSA) is 58.9 Å². The van der Waals surface area contributed by atoms with Gasteiger partial charge in [0.15, 0.2) is 0 Å². The summed E-state index contributed by atoms with van der Waals surface area (Å²) in [6.07, 6.45) is 0.597. The zero-order valence-electron chi connectivity index (χ0n) is 10.1. The first-order chi connectivity index (χ1) is 8.17. The quantitative estimate of drug-likeness (QED) is 0.369. The number of oxime groups is 1. The molecule has 0 atom stereocenters. The van der Waals surface area contributed by atoms with Crippen LogP contribution in [0.2, 0.25) is 0 Å². The summed E-state index contributed by atoms with van der Waals surface area (Å²) in [4.78, 5) is 11.2. The molecule has 4 heteroatoms.